The Balaban J connectivity index is 1.89. The molecule has 2 aromatic heterocycles. The molecule has 6 nitrogen and oxygen atoms in total. The van der Waals surface area contributed by atoms with Crippen LogP contribution in [0.5, 0.6) is 0 Å². The van der Waals surface area contributed by atoms with Crippen LogP contribution in [-0.2, 0) is 20.1 Å². The highest BCUT2D eigenvalue weighted by Gasteiger charge is 2.15. The summed E-state index contributed by atoms with van der Waals surface area (Å²) < 4.78 is 1.81. The van der Waals surface area contributed by atoms with Crippen molar-refractivity contribution in [3.8, 4) is 0 Å². The van der Waals surface area contributed by atoms with Crippen molar-refractivity contribution in [3.63, 3.8) is 0 Å². The number of anilines is 1. The molecule has 0 saturated carbocycles. The topological polar surface area (TPSA) is 50.1 Å². The number of aryl methyl sites for hydroxylation is 2. The second-order valence-electron chi connectivity index (χ2n) is 6.52. The largest absolute Gasteiger partial charge is 0.355 e. The Labute approximate surface area is 142 Å². The predicted molar refractivity (Wildman–Crippen MR) is 97.0 cm³/mol. The van der Waals surface area contributed by atoms with Gasteiger partial charge in [-0.2, -0.15) is 5.10 Å². The van der Waals surface area contributed by atoms with Crippen LogP contribution < -0.4 is 4.90 Å². The van der Waals surface area contributed by atoms with Gasteiger partial charge in [-0.05, 0) is 32.1 Å². The van der Waals surface area contributed by atoms with Crippen molar-refractivity contribution in [2.45, 2.75) is 20.0 Å². The van der Waals surface area contributed by atoms with E-state index in [2.05, 4.69) is 70.3 Å². The van der Waals surface area contributed by atoms with Gasteiger partial charge < -0.3 is 9.80 Å². The van der Waals surface area contributed by atoms with Crippen molar-refractivity contribution in [2.75, 3.05) is 26.0 Å². The van der Waals surface area contributed by atoms with E-state index in [1.165, 1.54) is 11.1 Å². The van der Waals surface area contributed by atoms with Crippen LogP contribution in [0.4, 0.5) is 5.82 Å². The fraction of sp³-hybridized carbons (Fsp3) is 0.389. The Hall–Kier alpha value is -2.47. The zero-order valence-electron chi connectivity index (χ0n) is 15.0. The molecule has 24 heavy (non-hydrogen) atoms. The normalized spacial score (nSPS) is 11.4. The molecule has 0 spiro atoms. The van der Waals surface area contributed by atoms with Gasteiger partial charge in [0, 0.05) is 27.2 Å². The summed E-state index contributed by atoms with van der Waals surface area (Å²) >= 11 is 0. The highest BCUT2D eigenvalue weighted by Crippen LogP contribution is 2.25. The number of fused-ring (bicyclic) bond motifs is 1. The highest BCUT2D eigenvalue weighted by molar-refractivity contribution is 5.89. The van der Waals surface area contributed by atoms with E-state index in [1.54, 1.807) is 11.0 Å². The van der Waals surface area contributed by atoms with Gasteiger partial charge in [0.15, 0.2) is 5.65 Å². The van der Waals surface area contributed by atoms with E-state index < -0.39 is 0 Å². The maximum Gasteiger partial charge on any atom is 0.163 e. The van der Waals surface area contributed by atoms with Crippen molar-refractivity contribution >= 4 is 16.9 Å². The van der Waals surface area contributed by atoms with Crippen molar-refractivity contribution in [1.82, 2.24) is 24.6 Å². The Morgan fingerprint density at radius 2 is 1.75 bits per heavy atom. The summed E-state index contributed by atoms with van der Waals surface area (Å²) in [5, 5.41) is 5.49. The minimum atomic E-state index is 0.793. The van der Waals surface area contributed by atoms with Crippen LogP contribution in [0.3, 0.4) is 0 Å². The quantitative estimate of drug-likeness (QED) is 0.721. The molecule has 0 fully saturated rings. The van der Waals surface area contributed by atoms with E-state index in [9.17, 15) is 0 Å². The smallest absolute Gasteiger partial charge is 0.163 e. The molecule has 0 aliphatic carbocycles. The summed E-state index contributed by atoms with van der Waals surface area (Å²) in [5.41, 5.74) is 4.41. The molecule has 6 heteroatoms. The summed E-state index contributed by atoms with van der Waals surface area (Å²) in [5.74, 6) is 0.920. The van der Waals surface area contributed by atoms with Crippen LogP contribution in [0.25, 0.3) is 11.0 Å². The Morgan fingerprint density at radius 3 is 2.46 bits per heavy atom. The fourth-order valence-electron chi connectivity index (χ4n) is 3.09. The summed E-state index contributed by atoms with van der Waals surface area (Å²) in [6.07, 6.45) is 1.61. The van der Waals surface area contributed by atoms with Gasteiger partial charge in [-0.3, -0.25) is 4.68 Å². The first kappa shape index (κ1) is 16.4. The molecule has 0 bridgehead atoms. The van der Waals surface area contributed by atoms with Crippen LogP contribution in [0.15, 0.2) is 30.6 Å². The molecular weight excluding hydrogens is 300 g/mol. The van der Waals surface area contributed by atoms with Gasteiger partial charge in [0.05, 0.1) is 11.1 Å². The van der Waals surface area contributed by atoms with Gasteiger partial charge in [0.1, 0.15) is 12.1 Å². The standard InChI is InChI=1S/C18H24N6/c1-13-16-17(19-12-20-18(16)24(5)21-13)23(4)11-15-8-6-7-14(9-15)10-22(2)3/h6-9,12H,10-11H2,1-5H3. The van der Waals surface area contributed by atoms with E-state index in [4.69, 9.17) is 0 Å². The lowest BCUT2D eigenvalue weighted by Gasteiger charge is -2.20. The first-order valence-electron chi connectivity index (χ1n) is 8.03. The molecule has 0 amide bonds. The zero-order chi connectivity index (χ0) is 17.3. The monoisotopic (exact) mass is 324 g/mol. The summed E-state index contributed by atoms with van der Waals surface area (Å²) in [4.78, 5) is 13.2. The van der Waals surface area contributed by atoms with Gasteiger partial charge in [0.25, 0.3) is 0 Å². The Kier molecular flexibility index (Phi) is 4.49. The van der Waals surface area contributed by atoms with Gasteiger partial charge in [-0.25, -0.2) is 9.97 Å². The molecule has 0 N–H and O–H groups in total. The number of hydrogen-bond donors (Lipinski definition) is 0. The molecule has 0 saturated heterocycles. The SMILES string of the molecule is Cc1nn(C)c2ncnc(N(C)Cc3cccc(CN(C)C)c3)c12. The average molecular weight is 324 g/mol. The van der Waals surface area contributed by atoms with Crippen molar-refractivity contribution in [3.05, 3.63) is 47.4 Å². The van der Waals surface area contributed by atoms with Crippen LogP contribution in [0.1, 0.15) is 16.8 Å². The van der Waals surface area contributed by atoms with Crippen LogP contribution in [0.2, 0.25) is 0 Å². The van der Waals surface area contributed by atoms with Crippen LogP contribution in [0, 0.1) is 6.92 Å². The second kappa shape index (κ2) is 6.57. The molecular formula is C18H24N6. The second-order valence-corrected chi connectivity index (χ2v) is 6.52. The molecule has 3 rings (SSSR count). The first-order chi connectivity index (χ1) is 11.5. The summed E-state index contributed by atoms with van der Waals surface area (Å²) in [6, 6.07) is 8.69. The number of aromatic nitrogens is 4. The van der Waals surface area contributed by atoms with E-state index >= 15 is 0 Å². The average Bonchev–Trinajstić information content (AvgIpc) is 2.82. The maximum atomic E-state index is 4.50. The van der Waals surface area contributed by atoms with E-state index in [-0.39, 0.29) is 0 Å². The minimum Gasteiger partial charge on any atom is -0.355 e. The summed E-state index contributed by atoms with van der Waals surface area (Å²) in [7, 11) is 8.15. The van der Waals surface area contributed by atoms with Crippen molar-refractivity contribution in [2.24, 2.45) is 7.05 Å². The molecule has 1 aromatic carbocycles. The third-order valence-electron chi connectivity index (χ3n) is 4.05. The number of nitrogens with zero attached hydrogens (tertiary/aromatic N) is 6. The molecule has 0 aliphatic rings. The molecule has 2 heterocycles. The molecule has 3 aromatic rings. The van der Waals surface area contributed by atoms with E-state index in [1.807, 2.05) is 14.0 Å². The third-order valence-corrected chi connectivity index (χ3v) is 4.05. The van der Waals surface area contributed by atoms with Crippen molar-refractivity contribution in [1.29, 1.82) is 0 Å². The van der Waals surface area contributed by atoms with Gasteiger partial charge in [-0.1, -0.05) is 24.3 Å². The minimum absolute atomic E-state index is 0.793. The lowest BCUT2D eigenvalue weighted by molar-refractivity contribution is 0.402. The Bertz CT molecular complexity index is 852. The predicted octanol–water partition coefficient (Wildman–Crippen LogP) is 2.37. The van der Waals surface area contributed by atoms with Crippen LogP contribution >= 0.6 is 0 Å². The van der Waals surface area contributed by atoms with Crippen molar-refractivity contribution < 1.29 is 0 Å². The number of hydrogen-bond acceptors (Lipinski definition) is 5. The third kappa shape index (κ3) is 3.23. The van der Waals surface area contributed by atoms with E-state index in [0.29, 0.717) is 0 Å². The van der Waals surface area contributed by atoms with Gasteiger partial charge in [-0.15, -0.1) is 0 Å². The van der Waals surface area contributed by atoms with E-state index in [0.717, 1.165) is 35.6 Å². The molecule has 0 unspecified atom stereocenters. The first-order valence-corrected chi connectivity index (χ1v) is 8.03. The zero-order valence-corrected chi connectivity index (χ0v) is 15.0. The molecule has 126 valence electrons. The molecule has 0 atom stereocenters. The van der Waals surface area contributed by atoms with Gasteiger partial charge in [0.2, 0.25) is 0 Å². The molecule has 0 aliphatic heterocycles. The highest BCUT2D eigenvalue weighted by atomic mass is 15.3. The van der Waals surface area contributed by atoms with Gasteiger partial charge >= 0.3 is 0 Å². The Morgan fingerprint density at radius 1 is 1.04 bits per heavy atom. The lowest BCUT2D eigenvalue weighted by atomic mass is 10.1. The molecule has 0 radical (unpaired) electrons. The van der Waals surface area contributed by atoms with Crippen LogP contribution in [-0.4, -0.2) is 45.8 Å². The number of rotatable bonds is 5. The number of benzene rings is 1. The maximum absolute atomic E-state index is 4.50. The summed E-state index contributed by atoms with van der Waals surface area (Å²) in [6.45, 7) is 3.74. The lowest BCUT2D eigenvalue weighted by Crippen LogP contribution is -2.18. The fourth-order valence-corrected chi connectivity index (χ4v) is 3.09.